The van der Waals surface area contributed by atoms with Gasteiger partial charge in [-0.1, -0.05) is 29.8 Å². The fourth-order valence-corrected chi connectivity index (χ4v) is 3.53. The van der Waals surface area contributed by atoms with Crippen molar-refractivity contribution in [2.75, 3.05) is 19.7 Å². The number of hydrogen-bond donors (Lipinski definition) is 1. The van der Waals surface area contributed by atoms with E-state index in [4.69, 9.17) is 9.84 Å². The van der Waals surface area contributed by atoms with Gasteiger partial charge < -0.3 is 19.6 Å². The van der Waals surface area contributed by atoms with Gasteiger partial charge in [-0.15, -0.1) is 0 Å². The zero-order valence-corrected chi connectivity index (χ0v) is 14.9. The average molecular weight is 360 g/mol. The van der Waals surface area contributed by atoms with E-state index in [1.54, 1.807) is 9.80 Å². The SMILES string of the molecule is Cc1ccc(CN2C(=O)CCC2C(=O)N2CCOC(CC(=O)O)C2)cc1. The van der Waals surface area contributed by atoms with Crippen molar-refractivity contribution in [3.63, 3.8) is 0 Å². The van der Waals surface area contributed by atoms with Crippen LogP contribution in [0.2, 0.25) is 0 Å². The molecule has 0 spiro atoms. The number of morpholine rings is 1. The number of hydrogen-bond acceptors (Lipinski definition) is 4. The minimum Gasteiger partial charge on any atom is -0.481 e. The highest BCUT2D eigenvalue weighted by Crippen LogP contribution is 2.24. The first-order valence-corrected chi connectivity index (χ1v) is 8.91. The van der Waals surface area contributed by atoms with Crippen LogP contribution in [-0.2, 0) is 25.7 Å². The molecule has 0 aliphatic carbocycles. The van der Waals surface area contributed by atoms with Gasteiger partial charge in [0, 0.05) is 26.1 Å². The van der Waals surface area contributed by atoms with E-state index in [0.29, 0.717) is 32.5 Å². The van der Waals surface area contributed by atoms with E-state index in [1.165, 1.54) is 0 Å². The number of nitrogens with zero attached hydrogens (tertiary/aromatic N) is 2. The summed E-state index contributed by atoms with van der Waals surface area (Å²) in [6, 6.07) is 7.45. The van der Waals surface area contributed by atoms with Crippen LogP contribution in [0.1, 0.15) is 30.4 Å². The maximum atomic E-state index is 13.0. The van der Waals surface area contributed by atoms with Crippen molar-refractivity contribution < 1.29 is 24.2 Å². The van der Waals surface area contributed by atoms with Crippen LogP contribution in [0.25, 0.3) is 0 Å². The van der Waals surface area contributed by atoms with E-state index in [9.17, 15) is 14.4 Å². The fourth-order valence-electron chi connectivity index (χ4n) is 3.53. The molecule has 3 rings (SSSR count). The Kier molecular flexibility index (Phi) is 5.56. The number of likely N-dealkylation sites (tertiary alicyclic amines) is 1. The van der Waals surface area contributed by atoms with Crippen molar-refractivity contribution in [2.45, 2.75) is 44.9 Å². The summed E-state index contributed by atoms with van der Waals surface area (Å²) in [4.78, 5) is 39.4. The second kappa shape index (κ2) is 7.86. The number of ether oxygens (including phenoxy) is 1. The molecule has 2 atom stereocenters. The summed E-state index contributed by atoms with van der Waals surface area (Å²) >= 11 is 0. The maximum Gasteiger partial charge on any atom is 0.306 e. The normalized spacial score (nSPS) is 23.3. The van der Waals surface area contributed by atoms with Gasteiger partial charge in [0.15, 0.2) is 0 Å². The lowest BCUT2D eigenvalue weighted by atomic mass is 10.1. The second-order valence-corrected chi connectivity index (χ2v) is 6.94. The van der Waals surface area contributed by atoms with Crippen molar-refractivity contribution in [2.24, 2.45) is 0 Å². The average Bonchev–Trinajstić information content (AvgIpc) is 2.96. The van der Waals surface area contributed by atoms with Crippen molar-refractivity contribution in [3.8, 4) is 0 Å². The maximum absolute atomic E-state index is 13.0. The molecule has 0 bridgehead atoms. The standard InChI is InChI=1S/C19H24N2O5/c1-13-2-4-14(5-3-13)11-21-16(6-7-17(21)22)19(25)20-8-9-26-15(12-20)10-18(23)24/h2-5,15-16H,6-12H2,1H3,(H,23,24). The molecule has 2 amide bonds. The molecule has 0 radical (unpaired) electrons. The Hall–Kier alpha value is -2.41. The molecule has 7 nitrogen and oxygen atoms in total. The third kappa shape index (κ3) is 4.22. The molecule has 1 N–H and O–H groups in total. The number of carboxylic acids is 1. The van der Waals surface area contributed by atoms with Crippen LogP contribution < -0.4 is 0 Å². The zero-order chi connectivity index (χ0) is 18.7. The Morgan fingerprint density at radius 1 is 1.27 bits per heavy atom. The molecule has 2 heterocycles. The highest BCUT2D eigenvalue weighted by Gasteiger charge is 2.39. The fraction of sp³-hybridized carbons (Fsp3) is 0.526. The number of carbonyl (C=O) groups excluding carboxylic acids is 2. The van der Waals surface area contributed by atoms with Crippen molar-refractivity contribution in [3.05, 3.63) is 35.4 Å². The summed E-state index contributed by atoms with van der Waals surface area (Å²) in [6.45, 7) is 3.43. The monoisotopic (exact) mass is 360 g/mol. The predicted molar refractivity (Wildman–Crippen MR) is 93.3 cm³/mol. The molecule has 26 heavy (non-hydrogen) atoms. The van der Waals surface area contributed by atoms with E-state index >= 15 is 0 Å². The lowest BCUT2D eigenvalue weighted by molar-refractivity contribution is -0.151. The number of carbonyl (C=O) groups is 3. The Labute approximate surface area is 152 Å². The van der Waals surface area contributed by atoms with E-state index < -0.39 is 18.1 Å². The van der Waals surface area contributed by atoms with Gasteiger partial charge in [0.05, 0.1) is 19.1 Å². The van der Waals surface area contributed by atoms with Crippen LogP contribution in [0.4, 0.5) is 0 Å². The van der Waals surface area contributed by atoms with Gasteiger partial charge in [-0.25, -0.2) is 0 Å². The van der Waals surface area contributed by atoms with Crippen LogP contribution in [0.3, 0.4) is 0 Å². The minimum atomic E-state index is -0.943. The number of benzene rings is 1. The number of aliphatic carboxylic acids is 1. The van der Waals surface area contributed by atoms with Crippen molar-refractivity contribution in [1.29, 1.82) is 0 Å². The van der Waals surface area contributed by atoms with E-state index in [0.717, 1.165) is 11.1 Å². The third-order valence-corrected chi connectivity index (χ3v) is 4.94. The smallest absolute Gasteiger partial charge is 0.306 e. The van der Waals surface area contributed by atoms with Crippen LogP contribution in [-0.4, -0.2) is 64.5 Å². The topological polar surface area (TPSA) is 87.2 Å². The van der Waals surface area contributed by atoms with Gasteiger partial charge in [0.2, 0.25) is 11.8 Å². The summed E-state index contributed by atoms with van der Waals surface area (Å²) in [5.41, 5.74) is 2.14. The third-order valence-electron chi connectivity index (χ3n) is 4.94. The summed E-state index contributed by atoms with van der Waals surface area (Å²) < 4.78 is 5.43. The Balaban J connectivity index is 1.67. The summed E-state index contributed by atoms with van der Waals surface area (Å²) in [5, 5.41) is 8.93. The molecule has 2 unspecified atom stereocenters. The molecule has 2 fully saturated rings. The molecule has 2 aliphatic rings. The molecule has 1 aromatic carbocycles. The molecule has 2 saturated heterocycles. The van der Waals surface area contributed by atoms with Gasteiger partial charge in [0.25, 0.3) is 0 Å². The van der Waals surface area contributed by atoms with Gasteiger partial charge in [0.1, 0.15) is 6.04 Å². The summed E-state index contributed by atoms with van der Waals surface area (Å²) in [6.07, 6.45) is 0.253. The second-order valence-electron chi connectivity index (χ2n) is 6.94. The van der Waals surface area contributed by atoms with Crippen LogP contribution >= 0.6 is 0 Å². The highest BCUT2D eigenvalue weighted by atomic mass is 16.5. The zero-order valence-electron chi connectivity index (χ0n) is 14.9. The molecule has 1 aromatic rings. The lowest BCUT2D eigenvalue weighted by Gasteiger charge is -2.35. The molecular formula is C19H24N2O5. The first kappa shape index (κ1) is 18.4. The number of aryl methyl sites for hydroxylation is 1. The number of carboxylic acid groups (broad SMARTS) is 1. The van der Waals surface area contributed by atoms with Crippen LogP contribution in [0.15, 0.2) is 24.3 Å². The largest absolute Gasteiger partial charge is 0.481 e. The molecule has 140 valence electrons. The minimum absolute atomic E-state index is 0.0146. The summed E-state index contributed by atoms with van der Waals surface area (Å²) in [5.74, 6) is -1.07. The van der Waals surface area contributed by atoms with E-state index in [2.05, 4.69) is 0 Å². The first-order valence-electron chi connectivity index (χ1n) is 8.91. The van der Waals surface area contributed by atoms with Crippen molar-refractivity contribution in [1.82, 2.24) is 9.80 Å². The molecular weight excluding hydrogens is 336 g/mol. The first-order chi connectivity index (χ1) is 12.4. The van der Waals surface area contributed by atoms with Gasteiger partial charge in [-0.05, 0) is 18.9 Å². The Bertz CT molecular complexity index is 688. The summed E-state index contributed by atoms with van der Waals surface area (Å²) in [7, 11) is 0. The van der Waals surface area contributed by atoms with E-state index in [1.807, 2.05) is 31.2 Å². The molecule has 0 aromatic heterocycles. The van der Waals surface area contributed by atoms with E-state index in [-0.39, 0.29) is 24.8 Å². The van der Waals surface area contributed by atoms with Crippen molar-refractivity contribution >= 4 is 17.8 Å². The van der Waals surface area contributed by atoms with Crippen LogP contribution in [0, 0.1) is 6.92 Å². The van der Waals surface area contributed by atoms with Gasteiger partial charge in [-0.2, -0.15) is 0 Å². The number of rotatable bonds is 5. The predicted octanol–water partition coefficient (Wildman–Crippen LogP) is 1.19. The Morgan fingerprint density at radius 2 is 2.00 bits per heavy atom. The molecule has 7 heteroatoms. The highest BCUT2D eigenvalue weighted by molar-refractivity contribution is 5.91. The van der Waals surface area contributed by atoms with Gasteiger partial charge >= 0.3 is 5.97 Å². The molecule has 0 saturated carbocycles. The van der Waals surface area contributed by atoms with Gasteiger partial charge in [-0.3, -0.25) is 14.4 Å². The Morgan fingerprint density at radius 3 is 2.69 bits per heavy atom. The lowest BCUT2D eigenvalue weighted by Crippen LogP contribution is -2.52. The quantitative estimate of drug-likeness (QED) is 0.852. The molecule has 2 aliphatic heterocycles. The van der Waals surface area contributed by atoms with Crippen LogP contribution in [0.5, 0.6) is 0 Å². The number of amides is 2.